The van der Waals surface area contributed by atoms with Crippen molar-refractivity contribution in [1.82, 2.24) is 19.6 Å². The third kappa shape index (κ3) is 5.54. The van der Waals surface area contributed by atoms with Gasteiger partial charge in [0.15, 0.2) is 0 Å². The minimum absolute atomic E-state index is 0.0654. The molecule has 0 unspecified atom stereocenters. The molecule has 0 atom stereocenters. The normalized spacial score (nSPS) is 15.6. The maximum atomic E-state index is 11.4. The number of nitrogens with zero attached hydrogens (tertiary/aromatic N) is 3. The Kier molecular flexibility index (Phi) is 6.86. The number of ether oxygens (including phenoxy) is 1. The summed E-state index contributed by atoms with van der Waals surface area (Å²) in [5.74, 6) is 0.936. The topological polar surface area (TPSA) is 122 Å². The molecule has 2 N–H and O–H groups in total. The van der Waals surface area contributed by atoms with E-state index in [9.17, 15) is 13.2 Å². The lowest BCUT2D eigenvalue weighted by molar-refractivity contribution is 0.132. The lowest BCUT2D eigenvalue weighted by Crippen LogP contribution is -2.37. The van der Waals surface area contributed by atoms with Crippen LogP contribution >= 0.6 is 0 Å². The molecule has 0 radical (unpaired) electrons. The molecule has 1 aliphatic rings. The monoisotopic (exact) mass is 422 g/mol. The molecule has 1 aromatic carbocycles. The first-order valence-electron chi connectivity index (χ1n) is 9.72. The standard InChI is InChI=1S/C19H26N4O5S/c1-2-29(26,27)22-8-3-11-28-15-4-5-16-17(12-15)20-13-21-18(16)14-6-9-23(10-7-14)19(24)25/h4-5,12-14,22H,2-3,6-11H2,1H3,(H,24,25). The summed E-state index contributed by atoms with van der Waals surface area (Å²) < 4.78 is 31.0. The van der Waals surface area contributed by atoms with Crippen LogP contribution in [0.4, 0.5) is 4.79 Å². The highest BCUT2D eigenvalue weighted by molar-refractivity contribution is 7.89. The quantitative estimate of drug-likeness (QED) is 0.625. The zero-order valence-electron chi connectivity index (χ0n) is 16.4. The van der Waals surface area contributed by atoms with Crippen molar-refractivity contribution in [2.75, 3.05) is 32.0 Å². The molecule has 2 heterocycles. The number of carbonyl (C=O) groups is 1. The lowest BCUT2D eigenvalue weighted by Gasteiger charge is -2.30. The maximum Gasteiger partial charge on any atom is 0.407 e. The Morgan fingerprint density at radius 3 is 2.76 bits per heavy atom. The van der Waals surface area contributed by atoms with Gasteiger partial charge in [0.2, 0.25) is 10.0 Å². The third-order valence-electron chi connectivity index (χ3n) is 5.08. The van der Waals surface area contributed by atoms with E-state index < -0.39 is 16.1 Å². The molecule has 0 aliphatic carbocycles. The molecule has 10 heteroatoms. The molecule has 1 aromatic heterocycles. The van der Waals surface area contributed by atoms with E-state index in [1.807, 2.05) is 18.2 Å². The minimum atomic E-state index is -3.18. The van der Waals surface area contributed by atoms with Crippen LogP contribution in [0, 0.1) is 0 Å². The van der Waals surface area contributed by atoms with E-state index >= 15 is 0 Å². The summed E-state index contributed by atoms with van der Waals surface area (Å²) in [5, 5.41) is 10.1. The summed E-state index contributed by atoms with van der Waals surface area (Å²) in [7, 11) is -3.18. The van der Waals surface area contributed by atoms with Gasteiger partial charge in [-0.2, -0.15) is 0 Å². The van der Waals surface area contributed by atoms with E-state index in [1.165, 1.54) is 11.2 Å². The number of rotatable bonds is 8. The highest BCUT2D eigenvalue weighted by atomic mass is 32.2. The number of carboxylic acid groups (broad SMARTS) is 1. The van der Waals surface area contributed by atoms with Crippen LogP contribution in [0.15, 0.2) is 24.5 Å². The first kappa shape index (κ1) is 21.3. The van der Waals surface area contributed by atoms with Crippen molar-refractivity contribution < 1.29 is 23.1 Å². The number of aromatic nitrogens is 2. The Morgan fingerprint density at radius 1 is 1.31 bits per heavy atom. The van der Waals surface area contributed by atoms with E-state index in [1.54, 1.807) is 6.92 Å². The van der Waals surface area contributed by atoms with Crippen molar-refractivity contribution in [1.29, 1.82) is 0 Å². The second kappa shape index (κ2) is 9.36. The second-order valence-electron chi connectivity index (χ2n) is 6.98. The predicted molar refractivity (Wildman–Crippen MR) is 109 cm³/mol. The molecule has 0 bridgehead atoms. The molecule has 1 amide bonds. The molecule has 3 rings (SSSR count). The fourth-order valence-corrected chi connectivity index (χ4v) is 4.07. The van der Waals surface area contributed by atoms with Crippen molar-refractivity contribution in [2.45, 2.75) is 32.1 Å². The number of benzene rings is 1. The Balaban J connectivity index is 1.61. The number of amides is 1. The van der Waals surface area contributed by atoms with Crippen molar-refractivity contribution >= 4 is 27.0 Å². The van der Waals surface area contributed by atoms with Crippen LogP contribution in [0.2, 0.25) is 0 Å². The Hall–Kier alpha value is -2.46. The summed E-state index contributed by atoms with van der Waals surface area (Å²) in [4.78, 5) is 21.3. The van der Waals surface area contributed by atoms with Gasteiger partial charge in [0, 0.05) is 37.0 Å². The summed E-state index contributed by atoms with van der Waals surface area (Å²) in [6, 6.07) is 5.64. The lowest BCUT2D eigenvalue weighted by atomic mass is 9.91. The SMILES string of the molecule is CCS(=O)(=O)NCCCOc1ccc2c(C3CCN(C(=O)O)CC3)ncnc2c1. The highest BCUT2D eigenvalue weighted by Crippen LogP contribution is 2.32. The minimum Gasteiger partial charge on any atom is -0.493 e. The van der Waals surface area contributed by atoms with Crippen molar-refractivity contribution in [2.24, 2.45) is 0 Å². The molecule has 2 aromatic rings. The van der Waals surface area contributed by atoms with E-state index in [4.69, 9.17) is 9.84 Å². The number of nitrogens with one attached hydrogen (secondary N) is 1. The van der Waals surface area contributed by atoms with Gasteiger partial charge in [0.25, 0.3) is 0 Å². The van der Waals surface area contributed by atoms with Gasteiger partial charge < -0.3 is 14.7 Å². The summed E-state index contributed by atoms with van der Waals surface area (Å²) in [5.41, 5.74) is 1.72. The number of sulfonamides is 1. The van der Waals surface area contributed by atoms with Crippen LogP contribution in [0.1, 0.15) is 37.8 Å². The third-order valence-corrected chi connectivity index (χ3v) is 6.49. The van der Waals surface area contributed by atoms with E-state index in [0.29, 0.717) is 38.4 Å². The van der Waals surface area contributed by atoms with Crippen LogP contribution in [-0.4, -0.2) is 66.5 Å². The summed E-state index contributed by atoms with van der Waals surface area (Å²) >= 11 is 0. The molecule has 1 aliphatic heterocycles. The summed E-state index contributed by atoms with van der Waals surface area (Å²) in [6.45, 7) is 3.34. The molecular formula is C19H26N4O5S. The van der Waals surface area contributed by atoms with Crippen LogP contribution in [0.25, 0.3) is 10.9 Å². The molecule has 0 saturated carbocycles. The smallest absolute Gasteiger partial charge is 0.407 e. The zero-order valence-corrected chi connectivity index (χ0v) is 17.2. The molecule has 1 fully saturated rings. The zero-order chi connectivity index (χ0) is 20.9. The molecule has 9 nitrogen and oxygen atoms in total. The fourth-order valence-electron chi connectivity index (χ4n) is 3.41. The molecule has 1 saturated heterocycles. The highest BCUT2D eigenvalue weighted by Gasteiger charge is 2.25. The average Bonchev–Trinajstić information content (AvgIpc) is 2.73. The van der Waals surface area contributed by atoms with Gasteiger partial charge in [0.1, 0.15) is 12.1 Å². The summed E-state index contributed by atoms with van der Waals surface area (Å²) in [6.07, 6.45) is 2.70. The molecule has 29 heavy (non-hydrogen) atoms. The Morgan fingerprint density at radius 2 is 2.07 bits per heavy atom. The molecular weight excluding hydrogens is 396 g/mol. The number of piperidine rings is 1. The number of likely N-dealkylation sites (tertiary alicyclic amines) is 1. The largest absolute Gasteiger partial charge is 0.493 e. The fraction of sp³-hybridized carbons (Fsp3) is 0.526. The van der Waals surface area contributed by atoms with Crippen LogP contribution in [-0.2, 0) is 10.0 Å². The second-order valence-corrected chi connectivity index (χ2v) is 9.08. The number of fused-ring (bicyclic) bond motifs is 1. The van der Waals surface area contributed by atoms with Crippen molar-refractivity contribution in [3.63, 3.8) is 0 Å². The van der Waals surface area contributed by atoms with Gasteiger partial charge in [-0.1, -0.05) is 0 Å². The van der Waals surface area contributed by atoms with Gasteiger partial charge in [-0.3, -0.25) is 0 Å². The van der Waals surface area contributed by atoms with E-state index in [2.05, 4.69) is 14.7 Å². The first-order chi connectivity index (χ1) is 13.9. The predicted octanol–water partition coefficient (Wildman–Crippen LogP) is 2.20. The average molecular weight is 423 g/mol. The van der Waals surface area contributed by atoms with Gasteiger partial charge >= 0.3 is 6.09 Å². The van der Waals surface area contributed by atoms with Crippen molar-refractivity contribution in [3.05, 3.63) is 30.2 Å². The Bertz CT molecular complexity index is 958. The van der Waals surface area contributed by atoms with Crippen LogP contribution in [0.3, 0.4) is 0 Å². The van der Waals surface area contributed by atoms with E-state index in [-0.39, 0.29) is 11.7 Å². The number of hydrogen-bond donors (Lipinski definition) is 2. The van der Waals surface area contributed by atoms with Gasteiger partial charge in [-0.05, 0) is 38.3 Å². The molecule has 0 spiro atoms. The van der Waals surface area contributed by atoms with Gasteiger partial charge in [-0.15, -0.1) is 0 Å². The molecule has 158 valence electrons. The van der Waals surface area contributed by atoms with Crippen LogP contribution < -0.4 is 9.46 Å². The first-order valence-corrected chi connectivity index (χ1v) is 11.4. The Labute approximate surface area is 170 Å². The van der Waals surface area contributed by atoms with Crippen molar-refractivity contribution in [3.8, 4) is 5.75 Å². The number of hydrogen-bond acceptors (Lipinski definition) is 6. The maximum absolute atomic E-state index is 11.4. The van der Waals surface area contributed by atoms with E-state index in [0.717, 1.165) is 29.4 Å². The van der Waals surface area contributed by atoms with Gasteiger partial charge in [-0.25, -0.2) is 27.9 Å². The van der Waals surface area contributed by atoms with Crippen LogP contribution in [0.5, 0.6) is 5.75 Å². The van der Waals surface area contributed by atoms with Gasteiger partial charge in [0.05, 0.1) is 23.6 Å².